The van der Waals surface area contributed by atoms with Crippen LogP contribution in [0.5, 0.6) is 5.88 Å². The summed E-state index contributed by atoms with van der Waals surface area (Å²) >= 11 is 0. The summed E-state index contributed by atoms with van der Waals surface area (Å²) in [6, 6.07) is 0. The highest BCUT2D eigenvalue weighted by molar-refractivity contribution is 5.33. The molecule has 0 atom stereocenters. The van der Waals surface area contributed by atoms with E-state index >= 15 is 0 Å². The summed E-state index contributed by atoms with van der Waals surface area (Å²) in [4.78, 5) is 0. The molecule has 1 N–H and O–H groups in total. The van der Waals surface area contributed by atoms with E-state index in [1.54, 1.807) is 11.8 Å². The van der Waals surface area contributed by atoms with Gasteiger partial charge >= 0.3 is 0 Å². The maximum Gasteiger partial charge on any atom is 0.216 e. The molecule has 0 saturated carbocycles. The first-order chi connectivity index (χ1) is 5.83. The number of aromatic nitrogens is 2. The van der Waals surface area contributed by atoms with Gasteiger partial charge in [0.1, 0.15) is 0 Å². The molecule has 0 saturated heterocycles. The summed E-state index contributed by atoms with van der Waals surface area (Å²) < 4.78 is 7.05. The standard InChI is InChI=1S/C8H13N3O/c1-11-8(12-2)6-5-9-4-3-7(6)10-11/h9H,3-5H2,1-2H3. The lowest BCUT2D eigenvalue weighted by Gasteiger charge is -2.11. The van der Waals surface area contributed by atoms with E-state index in [1.165, 1.54) is 11.3 Å². The predicted molar refractivity (Wildman–Crippen MR) is 45.2 cm³/mol. The molecule has 0 spiro atoms. The summed E-state index contributed by atoms with van der Waals surface area (Å²) in [6.45, 7) is 1.90. The van der Waals surface area contributed by atoms with E-state index in [-0.39, 0.29) is 0 Å². The number of ether oxygens (including phenoxy) is 1. The molecule has 0 aromatic carbocycles. The first-order valence-electron chi connectivity index (χ1n) is 4.12. The van der Waals surface area contributed by atoms with Crippen molar-refractivity contribution in [3.8, 4) is 5.88 Å². The van der Waals surface area contributed by atoms with Gasteiger partial charge in [0.2, 0.25) is 5.88 Å². The maximum absolute atomic E-state index is 5.24. The number of hydrogen-bond donors (Lipinski definition) is 1. The number of nitrogens with one attached hydrogen (secondary N) is 1. The van der Waals surface area contributed by atoms with Crippen LogP contribution in [0.3, 0.4) is 0 Å². The zero-order chi connectivity index (χ0) is 8.55. The molecule has 1 aromatic heterocycles. The molecule has 0 aliphatic carbocycles. The quantitative estimate of drug-likeness (QED) is 0.643. The third-order valence-corrected chi connectivity index (χ3v) is 2.20. The smallest absolute Gasteiger partial charge is 0.216 e. The normalized spacial score (nSPS) is 15.8. The van der Waals surface area contributed by atoms with E-state index in [0.717, 1.165) is 25.4 Å². The van der Waals surface area contributed by atoms with Gasteiger partial charge in [-0.1, -0.05) is 0 Å². The van der Waals surface area contributed by atoms with Crippen LogP contribution in [0.25, 0.3) is 0 Å². The molecule has 1 aliphatic rings. The molecular weight excluding hydrogens is 154 g/mol. The fraction of sp³-hybridized carbons (Fsp3) is 0.625. The highest BCUT2D eigenvalue weighted by Crippen LogP contribution is 2.23. The molecule has 0 radical (unpaired) electrons. The number of fused-ring (bicyclic) bond motifs is 1. The molecule has 4 heteroatoms. The molecule has 2 heterocycles. The second kappa shape index (κ2) is 2.79. The molecule has 0 fully saturated rings. The first kappa shape index (κ1) is 7.61. The lowest BCUT2D eigenvalue weighted by Crippen LogP contribution is -2.23. The van der Waals surface area contributed by atoms with Crippen LogP contribution in [0.15, 0.2) is 0 Å². The third-order valence-electron chi connectivity index (χ3n) is 2.20. The highest BCUT2D eigenvalue weighted by Gasteiger charge is 2.18. The molecule has 4 nitrogen and oxygen atoms in total. The second-order valence-corrected chi connectivity index (χ2v) is 2.98. The number of nitrogens with zero attached hydrogens (tertiary/aromatic N) is 2. The second-order valence-electron chi connectivity index (χ2n) is 2.98. The fourth-order valence-corrected chi connectivity index (χ4v) is 1.66. The lowest BCUT2D eigenvalue weighted by molar-refractivity contribution is 0.368. The Balaban J connectivity index is 2.46. The third kappa shape index (κ3) is 0.992. The van der Waals surface area contributed by atoms with Crippen molar-refractivity contribution in [2.45, 2.75) is 13.0 Å². The highest BCUT2D eigenvalue weighted by atomic mass is 16.5. The van der Waals surface area contributed by atoms with Gasteiger partial charge in [-0.3, -0.25) is 0 Å². The van der Waals surface area contributed by atoms with E-state index in [1.807, 2.05) is 7.05 Å². The van der Waals surface area contributed by atoms with Crippen molar-refractivity contribution >= 4 is 0 Å². The van der Waals surface area contributed by atoms with Gasteiger partial charge in [-0.25, -0.2) is 4.68 Å². The summed E-state index contributed by atoms with van der Waals surface area (Å²) in [5.74, 6) is 0.886. The van der Waals surface area contributed by atoms with Crippen LogP contribution < -0.4 is 10.1 Å². The summed E-state index contributed by atoms with van der Waals surface area (Å²) in [5, 5.41) is 7.67. The molecule has 0 amide bonds. The molecule has 0 bridgehead atoms. The van der Waals surface area contributed by atoms with Crippen LogP contribution in [0.4, 0.5) is 0 Å². The number of hydrogen-bond acceptors (Lipinski definition) is 3. The van der Waals surface area contributed by atoms with E-state index < -0.39 is 0 Å². The largest absolute Gasteiger partial charge is 0.481 e. The summed E-state index contributed by atoms with van der Waals surface area (Å²) in [6.07, 6.45) is 1.01. The van der Waals surface area contributed by atoms with Gasteiger partial charge in [0.05, 0.1) is 18.4 Å². The van der Waals surface area contributed by atoms with E-state index in [2.05, 4.69) is 10.4 Å². The van der Waals surface area contributed by atoms with Gasteiger partial charge in [-0.05, 0) is 0 Å². The van der Waals surface area contributed by atoms with Crippen LogP contribution in [-0.4, -0.2) is 23.4 Å². The van der Waals surface area contributed by atoms with E-state index in [9.17, 15) is 0 Å². The average molecular weight is 167 g/mol. The van der Waals surface area contributed by atoms with Crippen LogP contribution in [0.2, 0.25) is 0 Å². The van der Waals surface area contributed by atoms with Gasteiger partial charge in [-0.2, -0.15) is 5.10 Å². The predicted octanol–water partition coefficient (Wildman–Crippen LogP) is 0.0744. The number of methoxy groups -OCH3 is 1. The Morgan fingerprint density at radius 2 is 2.42 bits per heavy atom. The Kier molecular flexibility index (Phi) is 1.77. The molecule has 66 valence electrons. The van der Waals surface area contributed by atoms with Gasteiger partial charge < -0.3 is 10.1 Å². The van der Waals surface area contributed by atoms with Gasteiger partial charge in [0.15, 0.2) is 0 Å². The van der Waals surface area contributed by atoms with Crippen molar-refractivity contribution < 1.29 is 4.74 Å². The molecule has 2 rings (SSSR count). The zero-order valence-corrected chi connectivity index (χ0v) is 7.42. The minimum atomic E-state index is 0.881. The van der Waals surface area contributed by atoms with Crippen molar-refractivity contribution in [1.29, 1.82) is 0 Å². The molecule has 12 heavy (non-hydrogen) atoms. The van der Waals surface area contributed by atoms with Gasteiger partial charge in [0.25, 0.3) is 0 Å². The van der Waals surface area contributed by atoms with Gasteiger partial charge in [-0.15, -0.1) is 0 Å². The minimum Gasteiger partial charge on any atom is -0.481 e. The summed E-state index contributed by atoms with van der Waals surface area (Å²) in [7, 11) is 3.60. The fourth-order valence-electron chi connectivity index (χ4n) is 1.66. The Hall–Kier alpha value is -1.03. The van der Waals surface area contributed by atoms with E-state index in [0.29, 0.717) is 0 Å². The average Bonchev–Trinajstić information content (AvgIpc) is 2.40. The van der Waals surface area contributed by atoms with Crippen molar-refractivity contribution in [1.82, 2.24) is 15.1 Å². The van der Waals surface area contributed by atoms with Crippen LogP contribution in [-0.2, 0) is 20.0 Å². The molecule has 1 aliphatic heterocycles. The van der Waals surface area contributed by atoms with E-state index in [4.69, 9.17) is 4.74 Å². The Morgan fingerprint density at radius 1 is 1.58 bits per heavy atom. The Bertz CT molecular complexity index is 293. The minimum absolute atomic E-state index is 0.881. The summed E-state index contributed by atoms with van der Waals surface area (Å²) in [5.41, 5.74) is 2.39. The van der Waals surface area contributed by atoms with Crippen LogP contribution >= 0.6 is 0 Å². The topological polar surface area (TPSA) is 39.1 Å². The van der Waals surface area contributed by atoms with Crippen LogP contribution in [0, 0.1) is 0 Å². The number of rotatable bonds is 1. The maximum atomic E-state index is 5.24. The number of aryl methyl sites for hydroxylation is 1. The zero-order valence-electron chi connectivity index (χ0n) is 7.42. The van der Waals surface area contributed by atoms with Crippen molar-refractivity contribution in [2.24, 2.45) is 7.05 Å². The Labute approximate surface area is 71.5 Å². The van der Waals surface area contributed by atoms with Crippen molar-refractivity contribution in [3.05, 3.63) is 11.3 Å². The van der Waals surface area contributed by atoms with Crippen molar-refractivity contribution in [2.75, 3.05) is 13.7 Å². The van der Waals surface area contributed by atoms with Gasteiger partial charge in [0, 0.05) is 26.6 Å². The van der Waals surface area contributed by atoms with Crippen molar-refractivity contribution in [3.63, 3.8) is 0 Å². The SMILES string of the molecule is COc1c2c(nn1C)CCNC2. The monoisotopic (exact) mass is 167 g/mol. The first-order valence-corrected chi connectivity index (χ1v) is 4.12. The van der Waals surface area contributed by atoms with Crippen LogP contribution in [0.1, 0.15) is 11.3 Å². The molecule has 1 aromatic rings. The Morgan fingerprint density at radius 3 is 3.17 bits per heavy atom. The lowest BCUT2D eigenvalue weighted by atomic mass is 10.1. The molecular formula is C8H13N3O. The molecule has 0 unspecified atom stereocenters.